The van der Waals surface area contributed by atoms with Crippen molar-refractivity contribution in [1.29, 1.82) is 0 Å². The number of nitrogens with zero attached hydrogens (tertiary/aromatic N) is 1. The van der Waals surface area contributed by atoms with Crippen LogP contribution in [0.1, 0.15) is 22.9 Å². The van der Waals surface area contributed by atoms with Crippen LogP contribution in [0.5, 0.6) is 11.5 Å². The molecule has 0 spiro atoms. The number of carbonyl (C=O) groups excluding carboxylic acids is 2. The molecule has 1 aliphatic heterocycles. The van der Waals surface area contributed by atoms with Crippen molar-refractivity contribution in [2.75, 3.05) is 14.2 Å². The van der Waals surface area contributed by atoms with Gasteiger partial charge in [0.1, 0.15) is 11.5 Å². The van der Waals surface area contributed by atoms with Gasteiger partial charge in [-0.3, -0.25) is 9.59 Å². The number of benzene rings is 2. The quantitative estimate of drug-likeness (QED) is 0.370. The lowest BCUT2D eigenvalue weighted by molar-refractivity contribution is -0.140. The maximum Gasteiger partial charge on any atom is 0.296 e. The van der Waals surface area contributed by atoms with Crippen LogP contribution >= 0.6 is 0 Å². The Hall–Kier alpha value is -4.00. The summed E-state index contributed by atoms with van der Waals surface area (Å²) >= 11 is 0. The molecule has 4 rings (SSSR count). The van der Waals surface area contributed by atoms with Crippen LogP contribution in [-0.2, 0) is 16.1 Å². The van der Waals surface area contributed by atoms with Crippen molar-refractivity contribution < 1.29 is 28.6 Å². The lowest BCUT2D eigenvalue weighted by Crippen LogP contribution is -2.29. The number of rotatable bonds is 6. The molecule has 1 N–H and O–H groups in total. The van der Waals surface area contributed by atoms with Gasteiger partial charge in [-0.1, -0.05) is 36.4 Å². The number of amides is 1. The van der Waals surface area contributed by atoms with Crippen LogP contribution in [-0.4, -0.2) is 35.9 Å². The lowest BCUT2D eigenvalue weighted by atomic mass is 9.95. The number of ether oxygens (including phenoxy) is 2. The van der Waals surface area contributed by atoms with E-state index in [2.05, 4.69) is 0 Å². The summed E-state index contributed by atoms with van der Waals surface area (Å²) in [4.78, 5) is 27.4. The standard InChI is InChI=1S/C24H21NO6/c1-29-18-11-10-16(13-19(18)30-2)21-20(22(26)15-7-4-3-5-8-15)23(27)24(28)25(21)14-17-9-6-12-31-17/h3-13,21,26H,14H2,1-2H3/b22-20+. The van der Waals surface area contributed by atoms with Gasteiger partial charge in [0.25, 0.3) is 11.7 Å². The number of Topliss-reactive ketones (excluding diaryl/α,β-unsaturated/α-hetero) is 1. The van der Waals surface area contributed by atoms with Crippen molar-refractivity contribution in [2.24, 2.45) is 0 Å². The summed E-state index contributed by atoms with van der Waals surface area (Å²) in [6, 6.07) is 16.4. The molecular formula is C24H21NO6. The molecule has 3 aromatic rings. The van der Waals surface area contributed by atoms with Crippen LogP contribution in [0.2, 0.25) is 0 Å². The van der Waals surface area contributed by atoms with E-state index in [1.54, 1.807) is 60.7 Å². The molecule has 1 aliphatic rings. The molecule has 0 saturated carbocycles. The molecule has 1 atom stereocenters. The summed E-state index contributed by atoms with van der Waals surface area (Å²) in [7, 11) is 3.03. The van der Waals surface area contributed by atoms with Gasteiger partial charge in [0.05, 0.1) is 38.6 Å². The number of aliphatic hydroxyl groups is 1. The van der Waals surface area contributed by atoms with E-state index in [1.807, 2.05) is 0 Å². The Morgan fingerprint density at radius 1 is 1.00 bits per heavy atom. The molecule has 1 amide bonds. The highest BCUT2D eigenvalue weighted by atomic mass is 16.5. The second-order valence-corrected chi connectivity index (χ2v) is 6.99. The van der Waals surface area contributed by atoms with Crippen LogP contribution in [0.25, 0.3) is 5.76 Å². The fourth-order valence-corrected chi connectivity index (χ4v) is 3.73. The van der Waals surface area contributed by atoms with Crippen molar-refractivity contribution in [3.05, 3.63) is 89.4 Å². The van der Waals surface area contributed by atoms with E-state index in [0.717, 1.165) is 0 Å². The van der Waals surface area contributed by atoms with Gasteiger partial charge in [-0.05, 0) is 29.8 Å². The molecule has 2 heterocycles. The van der Waals surface area contributed by atoms with Crippen molar-refractivity contribution in [3.63, 3.8) is 0 Å². The van der Waals surface area contributed by atoms with Gasteiger partial charge in [-0.25, -0.2) is 0 Å². The van der Waals surface area contributed by atoms with Gasteiger partial charge < -0.3 is 23.9 Å². The Balaban J connectivity index is 1.89. The summed E-state index contributed by atoms with van der Waals surface area (Å²) < 4.78 is 16.1. The zero-order chi connectivity index (χ0) is 22.0. The number of hydrogen-bond donors (Lipinski definition) is 1. The minimum atomic E-state index is -0.829. The smallest absolute Gasteiger partial charge is 0.296 e. The molecular weight excluding hydrogens is 398 g/mol. The molecule has 2 aromatic carbocycles. The minimum Gasteiger partial charge on any atom is -0.507 e. The van der Waals surface area contributed by atoms with E-state index in [4.69, 9.17) is 13.9 Å². The molecule has 1 saturated heterocycles. The van der Waals surface area contributed by atoms with Gasteiger partial charge in [-0.15, -0.1) is 0 Å². The van der Waals surface area contributed by atoms with Gasteiger partial charge >= 0.3 is 0 Å². The average Bonchev–Trinajstić information content (AvgIpc) is 3.41. The molecule has 0 radical (unpaired) electrons. The molecule has 31 heavy (non-hydrogen) atoms. The Kier molecular flexibility index (Phi) is 5.49. The molecule has 0 aliphatic carbocycles. The molecule has 7 nitrogen and oxygen atoms in total. The summed E-state index contributed by atoms with van der Waals surface area (Å²) in [5.74, 6) is -0.227. The number of furan rings is 1. The first-order valence-electron chi connectivity index (χ1n) is 9.63. The molecule has 1 fully saturated rings. The molecule has 0 bridgehead atoms. The maximum absolute atomic E-state index is 13.0. The first-order chi connectivity index (χ1) is 15.0. The Morgan fingerprint density at radius 3 is 2.39 bits per heavy atom. The monoisotopic (exact) mass is 419 g/mol. The van der Waals surface area contributed by atoms with Crippen LogP contribution < -0.4 is 9.47 Å². The highest BCUT2D eigenvalue weighted by Gasteiger charge is 2.46. The molecule has 158 valence electrons. The first kappa shape index (κ1) is 20.3. The van der Waals surface area contributed by atoms with E-state index < -0.39 is 17.7 Å². The van der Waals surface area contributed by atoms with Gasteiger partial charge in [0.2, 0.25) is 0 Å². The van der Waals surface area contributed by atoms with E-state index in [1.165, 1.54) is 25.4 Å². The zero-order valence-corrected chi connectivity index (χ0v) is 17.1. The molecule has 7 heteroatoms. The number of aliphatic hydroxyl groups excluding tert-OH is 1. The second kappa shape index (κ2) is 8.39. The maximum atomic E-state index is 13.0. The van der Waals surface area contributed by atoms with Crippen LogP contribution in [0.15, 0.2) is 76.9 Å². The van der Waals surface area contributed by atoms with Crippen LogP contribution in [0.4, 0.5) is 0 Å². The topological polar surface area (TPSA) is 89.2 Å². The minimum absolute atomic E-state index is 0.00924. The molecule has 1 aromatic heterocycles. The SMILES string of the molecule is COc1ccc(C2/C(=C(\O)c3ccccc3)C(=O)C(=O)N2Cc2ccco2)cc1OC. The fourth-order valence-electron chi connectivity index (χ4n) is 3.73. The molecule has 1 unspecified atom stereocenters. The Labute approximate surface area is 179 Å². The summed E-state index contributed by atoms with van der Waals surface area (Å²) in [5, 5.41) is 11.0. The summed E-state index contributed by atoms with van der Waals surface area (Å²) in [6.45, 7) is 0.0716. The lowest BCUT2D eigenvalue weighted by Gasteiger charge is -2.25. The van der Waals surface area contributed by atoms with E-state index in [-0.39, 0.29) is 17.9 Å². The van der Waals surface area contributed by atoms with Crippen LogP contribution in [0.3, 0.4) is 0 Å². The van der Waals surface area contributed by atoms with Crippen molar-refractivity contribution in [2.45, 2.75) is 12.6 Å². The zero-order valence-electron chi connectivity index (χ0n) is 17.1. The van der Waals surface area contributed by atoms with Gasteiger partial charge in [0, 0.05) is 5.56 Å². The number of hydrogen-bond acceptors (Lipinski definition) is 6. The van der Waals surface area contributed by atoms with E-state index in [0.29, 0.717) is 28.4 Å². The summed E-state index contributed by atoms with van der Waals surface area (Å²) in [6.07, 6.45) is 1.50. The third-order valence-electron chi connectivity index (χ3n) is 5.22. The van der Waals surface area contributed by atoms with Crippen LogP contribution in [0, 0.1) is 0 Å². The third-order valence-corrected chi connectivity index (χ3v) is 5.22. The van der Waals surface area contributed by atoms with E-state index >= 15 is 0 Å². The number of carbonyl (C=O) groups is 2. The van der Waals surface area contributed by atoms with Gasteiger partial charge in [0.15, 0.2) is 11.5 Å². The highest BCUT2D eigenvalue weighted by molar-refractivity contribution is 6.46. The predicted molar refractivity (Wildman–Crippen MR) is 113 cm³/mol. The van der Waals surface area contributed by atoms with Crippen molar-refractivity contribution in [3.8, 4) is 11.5 Å². The van der Waals surface area contributed by atoms with Crippen molar-refractivity contribution in [1.82, 2.24) is 4.90 Å². The summed E-state index contributed by atoms with van der Waals surface area (Å²) in [5.41, 5.74) is 1.06. The Bertz CT molecular complexity index is 1130. The third kappa shape index (κ3) is 3.66. The fraction of sp³-hybridized carbons (Fsp3) is 0.167. The van der Waals surface area contributed by atoms with Crippen molar-refractivity contribution >= 4 is 17.4 Å². The van der Waals surface area contributed by atoms with Gasteiger partial charge in [-0.2, -0.15) is 0 Å². The number of ketones is 1. The Morgan fingerprint density at radius 2 is 1.74 bits per heavy atom. The number of methoxy groups -OCH3 is 2. The normalized spacial score (nSPS) is 17.7. The number of likely N-dealkylation sites (tertiary alicyclic amines) is 1. The predicted octanol–water partition coefficient (Wildman–Crippen LogP) is 3.92. The highest BCUT2D eigenvalue weighted by Crippen LogP contribution is 2.42. The average molecular weight is 419 g/mol. The second-order valence-electron chi connectivity index (χ2n) is 6.99. The largest absolute Gasteiger partial charge is 0.507 e. The first-order valence-corrected chi connectivity index (χ1v) is 9.63. The van der Waals surface area contributed by atoms with E-state index in [9.17, 15) is 14.7 Å².